The van der Waals surface area contributed by atoms with Gasteiger partial charge in [-0.2, -0.15) is 5.26 Å². The Bertz CT molecular complexity index is 477. The van der Waals surface area contributed by atoms with Crippen LogP contribution in [-0.4, -0.2) is 13.2 Å². The van der Waals surface area contributed by atoms with E-state index < -0.39 is 0 Å². The summed E-state index contributed by atoms with van der Waals surface area (Å²) in [5, 5.41) is 8.86. The lowest BCUT2D eigenvalue weighted by Crippen LogP contribution is -2.18. The Morgan fingerprint density at radius 1 is 1.14 bits per heavy atom. The Morgan fingerprint density at radius 3 is 2.50 bits per heavy atom. The van der Waals surface area contributed by atoms with Crippen molar-refractivity contribution in [2.75, 3.05) is 13.2 Å². The minimum absolute atomic E-state index is 0.664. The van der Waals surface area contributed by atoms with E-state index in [1.165, 1.54) is 37.7 Å². The van der Waals surface area contributed by atoms with Crippen molar-refractivity contribution >= 4 is 0 Å². The number of benzene rings is 1. The van der Waals surface area contributed by atoms with Gasteiger partial charge in [0.05, 0.1) is 11.6 Å². The van der Waals surface area contributed by atoms with Gasteiger partial charge >= 0.3 is 0 Å². The molecule has 1 aromatic carbocycles. The molecule has 0 N–H and O–H groups in total. The van der Waals surface area contributed by atoms with Gasteiger partial charge in [-0.3, -0.25) is 0 Å². The Hall–Kier alpha value is -1.59. The quantitative estimate of drug-likeness (QED) is 0.488. The predicted octanol–water partition coefficient (Wildman–Crippen LogP) is 5.20. The first kappa shape index (κ1) is 16.8. The molecule has 1 aliphatic rings. The summed E-state index contributed by atoms with van der Waals surface area (Å²) in [7, 11) is 0. The molecule has 0 amide bonds. The van der Waals surface area contributed by atoms with Gasteiger partial charge < -0.3 is 4.74 Å². The van der Waals surface area contributed by atoms with Gasteiger partial charge in [-0.15, -0.1) is 6.58 Å². The Kier molecular flexibility index (Phi) is 7.19. The van der Waals surface area contributed by atoms with E-state index in [2.05, 4.69) is 24.8 Å². The second-order valence-electron chi connectivity index (χ2n) is 6.31. The van der Waals surface area contributed by atoms with Crippen LogP contribution in [0.1, 0.15) is 62.0 Å². The van der Waals surface area contributed by atoms with Gasteiger partial charge in [-0.1, -0.05) is 18.2 Å². The van der Waals surface area contributed by atoms with Crippen molar-refractivity contribution in [2.24, 2.45) is 5.92 Å². The molecule has 0 aromatic heterocycles. The SMILES string of the molecule is C=CCCCCOCC1CCC(c2ccc(C#N)cc2)CC1. The van der Waals surface area contributed by atoms with Gasteiger partial charge in [0.1, 0.15) is 0 Å². The second-order valence-corrected chi connectivity index (χ2v) is 6.31. The molecule has 1 fully saturated rings. The van der Waals surface area contributed by atoms with Crippen molar-refractivity contribution in [2.45, 2.75) is 50.9 Å². The van der Waals surface area contributed by atoms with Gasteiger partial charge in [-0.25, -0.2) is 0 Å². The van der Waals surface area contributed by atoms with E-state index in [4.69, 9.17) is 10.00 Å². The van der Waals surface area contributed by atoms with Crippen molar-refractivity contribution in [3.63, 3.8) is 0 Å². The van der Waals surface area contributed by atoms with Gasteiger partial charge in [0.2, 0.25) is 0 Å². The standard InChI is InChI=1S/C20H27NO/c1-2-3-4-5-14-22-16-18-8-12-20(13-9-18)19-10-6-17(15-21)7-11-19/h2,6-7,10-11,18,20H,1,3-5,8-9,12-14,16H2. The van der Waals surface area contributed by atoms with Crippen molar-refractivity contribution in [1.29, 1.82) is 5.26 Å². The molecule has 1 aliphatic carbocycles. The summed E-state index contributed by atoms with van der Waals surface area (Å²) >= 11 is 0. The van der Waals surface area contributed by atoms with Gasteiger partial charge in [0.15, 0.2) is 0 Å². The number of allylic oxidation sites excluding steroid dienone is 1. The molecule has 0 aliphatic heterocycles. The molecule has 1 aromatic rings. The number of rotatable bonds is 8. The van der Waals surface area contributed by atoms with Crippen LogP contribution < -0.4 is 0 Å². The van der Waals surface area contributed by atoms with Crippen LogP contribution in [0.3, 0.4) is 0 Å². The van der Waals surface area contributed by atoms with Crippen LogP contribution in [0.25, 0.3) is 0 Å². The Labute approximate surface area is 134 Å². The molecule has 0 saturated heterocycles. The molecule has 0 radical (unpaired) electrons. The van der Waals surface area contributed by atoms with E-state index in [0.29, 0.717) is 5.92 Å². The van der Waals surface area contributed by atoms with E-state index in [1.807, 2.05) is 18.2 Å². The van der Waals surface area contributed by atoms with Gasteiger partial charge in [0.25, 0.3) is 0 Å². The number of unbranched alkanes of at least 4 members (excludes halogenated alkanes) is 2. The first-order valence-corrected chi connectivity index (χ1v) is 8.52. The van der Waals surface area contributed by atoms with Crippen LogP contribution in [0.4, 0.5) is 0 Å². The molecule has 0 heterocycles. The van der Waals surface area contributed by atoms with Gasteiger partial charge in [0, 0.05) is 13.2 Å². The van der Waals surface area contributed by atoms with Crippen LogP contribution in [-0.2, 0) is 4.74 Å². The van der Waals surface area contributed by atoms with Crippen molar-refractivity contribution in [1.82, 2.24) is 0 Å². The minimum atomic E-state index is 0.664. The second kappa shape index (κ2) is 9.43. The molecule has 2 rings (SSSR count). The number of hydrogen-bond acceptors (Lipinski definition) is 2. The summed E-state index contributed by atoms with van der Waals surface area (Å²) in [6.07, 6.45) is 10.4. The highest BCUT2D eigenvalue weighted by atomic mass is 16.5. The third kappa shape index (κ3) is 5.31. The maximum absolute atomic E-state index is 8.86. The molecule has 0 unspecified atom stereocenters. The van der Waals surface area contributed by atoms with Crippen molar-refractivity contribution < 1.29 is 4.74 Å². The fourth-order valence-electron chi connectivity index (χ4n) is 3.24. The first-order valence-electron chi connectivity index (χ1n) is 8.52. The third-order valence-corrected chi connectivity index (χ3v) is 4.66. The average molecular weight is 297 g/mol. The number of hydrogen-bond donors (Lipinski definition) is 0. The third-order valence-electron chi connectivity index (χ3n) is 4.66. The van der Waals surface area contributed by atoms with Crippen LogP contribution >= 0.6 is 0 Å². The first-order chi connectivity index (χ1) is 10.8. The van der Waals surface area contributed by atoms with Crippen LogP contribution in [0, 0.1) is 17.2 Å². The van der Waals surface area contributed by atoms with Crippen molar-refractivity contribution in [3.05, 3.63) is 48.0 Å². The molecule has 0 atom stereocenters. The lowest BCUT2D eigenvalue weighted by Gasteiger charge is -2.28. The van der Waals surface area contributed by atoms with Crippen LogP contribution in [0.15, 0.2) is 36.9 Å². The van der Waals surface area contributed by atoms with Gasteiger partial charge in [-0.05, 0) is 74.5 Å². The number of ether oxygens (including phenoxy) is 1. The fraction of sp³-hybridized carbons (Fsp3) is 0.550. The van der Waals surface area contributed by atoms with Crippen LogP contribution in [0.5, 0.6) is 0 Å². The zero-order chi connectivity index (χ0) is 15.6. The molecule has 22 heavy (non-hydrogen) atoms. The lowest BCUT2D eigenvalue weighted by atomic mass is 9.79. The molecular weight excluding hydrogens is 270 g/mol. The highest BCUT2D eigenvalue weighted by Crippen LogP contribution is 2.35. The summed E-state index contributed by atoms with van der Waals surface area (Å²) in [5.41, 5.74) is 2.14. The monoisotopic (exact) mass is 297 g/mol. The van der Waals surface area contributed by atoms with E-state index in [1.54, 1.807) is 0 Å². The van der Waals surface area contributed by atoms with Crippen LogP contribution in [0.2, 0.25) is 0 Å². The van der Waals surface area contributed by atoms with E-state index in [0.717, 1.165) is 37.5 Å². The summed E-state index contributed by atoms with van der Waals surface area (Å²) in [6, 6.07) is 10.3. The Morgan fingerprint density at radius 2 is 1.86 bits per heavy atom. The number of nitriles is 1. The minimum Gasteiger partial charge on any atom is -0.381 e. The normalized spacial score (nSPS) is 21.2. The summed E-state index contributed by atoms with van der Waals surface area (Å²) < 4.78 is 5.82. The summed E-state index contributed by atoms with van der Waals surface area (Å²) in [5.74, 6) is 1.39. The zero-order valence-electron chi connectivity index (χ0n) is 13.5. The Balaban J connectivity index is 1.65. The molecule has 118 valence electrons. The smallest absolute Gasteiger partial charge is 0.0991 e. The molecule has 1 saturated carbocycles. The summed E-state index contributed by atoms with van der Waals surface area (Å²) in [4.78, 5) is 0. The average Bonchev–Trinajstić information content (AvgIpc) is 2.59. The molecule has 2 nitrogen and oxygen atoms in total. The van der Waals surface area contributed by atoms with Crippen molar-refractivity contribution in [3.8, 4) is 6.07 Å². The molecule has 2 heteroatoms. The van der Waals surface area contributed by atoms with E-state index in [9.17, 15) is 0 Å². The topological polar surface area (TPSA) is 33.0 Å². The maximum Gasteiger partial charge on any atom is 0.0991 e. The van der Waals surface area contributed by atoms with E-state index >= 15 is 0 Å². The molecular formula is C20H27NO. The molecule has 0 spiro atoms. The highest BCUT2D eigenvalue weighted by Gasteiger charge is 2.22. The fourth-order valence-corrected chi connectivity index (χ4v) is 3.24. The largest absolute Gasteiger partial charge is 0.381 e. The molecule has 0 bridgehead atoms. The maximum atomic E-state index is 8.86. The van der Waals surface area contributed by atoms with E-state index in [-0.39, 0.29) is 0 Å². The lowest BCUT2D eigenvalue weighted by molar-refractivity contribution is 0.0804. The predicted molar refractivity (Wildman–Crippen MR) is 90.7 cm³/mol. The summed E-state index contributed by atoms with van der Waals surface area (Å²) in [6.45, 7) is 5.55. The number of nitrogens with zero attached hydrogens (tertiary/aromatic N) is 1. The zero-order valence-corrected chi connectivity index (χ0v) is 13.5. The highest BCUT2D eigenvalue weighted by molar-refractivity contribution is 5.33.